The molecule has 0 bridgehead atoms. The third-order valence-electron chi connectivity index (χ3n) is 4.31. The van der Waals surface area contributed by atoms with E-state index in [0.29, 0.717) is 17.9 Å². The molecule has 3 aromatic heterocycles. The molecule has 0 saturated heterocycles. The Morgan fingerprint density at radius 2 is 2.15 bits per heavy atom. The SMILES string of the molecule is CCc1cnc2c(c1OC)c(=O)n(CC(=O)NCc1ccco1)c(=O)n2C. The number of nitrogens with zero attached hydrogens (tertiary/aromatic N) is 3. The first-order chi connectivity index (χ1) is 13.0. The van der Waals surface area contributed by atoms with Crippen LogP contribution in [0, 0.1) is 0 Å². The van der Waals surface area contributed by atoms with Gasteiger partial charge in [0.25, 0.3) is 5.56 Å². The van der Waals surface area contributed by atoms with Crippen LogP contribution in [-0.4, -0.2) is 27.1 Å². The van der Waals surface area contributed by atoms with Gasteiger partial charge in [0.05, 0.1) is 19.9 Å². The maximum Gasteiger partial charge on any atom is 0.332 e. The van der Waals surface area contributed by atoms with Crippen LogP contribution in [-0.2, 0) is 31.4 Å². The quantitative estimate of drug-likeness (QED) is 0.678. The summed E-state index contributed by atoms with van der Waals surface area (Å²) in [5.41, 5.74) is -0.277. The van der Waals surface area contributed by atoms with Crippen LogP contribution in [0.2, 0.25) is 0 Å². The van der Waals surface area contributed by atoms with Crippen LogP contribution in [0.1, 0.15) is 18.2 Å². The van der Waals surface area contributed by atoms with Crippen molar-refractivity contribution in [2.75, 3.05) is 7.11 Å². The lowest BCUT2D eigenvalue weighted by Crippen LogP contribution is -2.43. The summed E-state index contributed by atoms with van der Waals surface area (Å²) < 4.78 is 12.7. The number of pyridine rings is 1. The van der Waals surface area contributed by atoms with Crippen LogP contribution in [0.25, 0.3) is 11.0 Å². The topological polar surface area (TPSA) is 108 Å². The molecule has 27 heavy (non-hydrogen) atoms. The van der Waals surface area contributed by atoms with E-state index in [4.69, 9.17) is 9.15 Å². The summed E-state index contributed by atoms with van der Waals surface area (Å²) in [6, 6.07) is 3.42. The summed E-state index contributed by atoms with van der Waals surface area (Å²) >= 11 is 0. The highest BCUT2D eigenvalue weighted by atomic mass is 16.5. The normalized spacial score (nSPS) is 10.9. The molecule has 0 fully saturated rings. The predicted molar refractivity (Wildman–Crippen MR) is 97.7 cm³/mol. The largest absolute Gasteiger partial charge is 0.495 e. The zero-order valence-electron chi connectivity index (χ0n) is 15.3. The van der Waals surface area contributed by atoms with Crippen molar-refractivity contribution in [3.05, 3.63) is 56.8 Å². The molecular formula is C18H20N4O5. The van der Waals surface area contributed by atoms with Gasteiger partial charge < -0.3 is 14.5 Å². The highest BCUT2D eigenvalue weighted by Gasteiger charge is 2.19. The van der Waals surface area contributed by atoms with Crippen molar-refractivity contribution in [3.8, 4) is 5.75 Å². The van der Waals surface area contributed by atoms with E-state index >= 15 is 0 Å². The average molecular weight is 372 g/mol. The number of fused-ring (bicyclic) bond motifs is 1. The molecule has 0 radical (unpaired) electrons. The zero-order valence-corrected chi connectivity index (χ0v) is 15.3. The van der Waals surface area contributed by atoms with Crippen LogP contribution in [0.4, 0.5) is 0 Å². The summed E-state index contributed by atoms with van der Waals surface area (Å²) in [6.45, 7) is 1.66. The highest BCUT2D eigenvalue weighted by molar-refractivity contribution is 5.83. The van der Waals surface area contributed by atoms with Crippen molar-refractivity contribution in [3.63, 3.8) is 0 Å². The first-order valence-corrected chi connectivity index (χ1v) is 8.42. The first kappa shape index (κ1) is 18.4. The molecule has 9 nitrogen and oxygen atoms in total. The van der Waals surface area contributed by atoms with Crippen molar-refractivity contribution in [1.82, 2.24) is 19.4 Å². The molecule has 1 N–H and O–H groups in total. The van der Waals surface area contributed by atoms with E-state index in [2.05, 4.69) is 10.3 Å². The predicted octanol–water partition coefficient (Wildman–Crippen LogP) is 0.576. The van der Waals surface area contributed by atoms with Gasteiger partial charge in [-0.15, -0.1) is 0 Å². The van der Waals surface area contributed by atoms with E-state index < -0.39 is 23.7 Å². The Balaban J connectivity index is 2.03. The molecule has 0 spiro atoms. The van der Waals surface area contributed by atoms with Gasteiger partial charge in [-0.3, -0.25) is 14.2 Å². The molecule has 9 heteroatoms. The average Bonchev–Trinajstić information content (AvgIpc) is 3.20. The summed E-state index contributed by atoms with van der Waals surface area (Å²) in [5, 5.41) is 2.80. The maximum atomic E-state index is 12.9. The van der Waals surface area contributed by atoms with Gasteiger partial charge in [-0.05, 0) is 18.6 Å². The van der Waals surface area contributed by atoms with Crippen LogP contribution in [0.15, 0.2) is 38.6 Å². The van der Waals surface area contributed by atoms with Gasteiger partial charge in [-0.1, -0.05) is 6.92 Å². The molecular weight excluding hydrogens is 352 g/mol. The summed E-state index contributed by atoms with van der Waals surface area (Å²) in [4.78, 5) is 42.0. The zero-order chi connectivity index (χ0) is 19.6. The number of carbonyl (C=O) groups is 1. The number of carbonyl (C=O) groups excluding carboxylic acids is 1. The number of ether oxygens (including phenoxy) is 1. The van der Waals surface area contributed by atoms with Crippen LogP contribution in [0.3, 0.4) is 0 Å². The Morgan fingerprint density at radius 3 is 2.78 bits per heavy atom. The maximum absolute atomic E-state index is 12.9. The molecule has 3 aromatic rings. The Labute approximate surface area is 154 Å². The van der Waals surface area contributed by atoms with E-state index in [1.54, 1.807) is 18.3 Å². The molecule has 0 aliphatic rings. The van der Waals surface area contributed by atoms with E-state index in [1.807, 2.05) is 6.92 Å². The minimum atomic E-state index is -0.626. The summed E-state index contributed by atoms with van der Waals surface area (Å²) in [7, 11) is 2.96. The molecule has 0 unspecified atom stereocenters. The van der Waals surface area contributed by atoms with Crippen molar-refractivity contribution >= 4 is 16.9 Å². The van der Waals surface area contributed by atoms with Gasteiger partial charge in [-0.2, -0.15) is 0 Å². The highest BCUT2D eigenvalue weighted by Crippen LogP contribution is 2.24. The van der Waals surface area contributed by atoms with E-state index in [0.717, 1.165) is 10.1 Å². The molecule has 3 rings (SSSR count). The monoisotopic (exact) mass is 372 g/mol. The summed E-state index contributed by atoms with van der Waals surface area (Å²) in [6.07, 6.45) is 3.69. The number of hydrogen-bond donors (Lipinski definition) is 1. The molecule has 1 amide bonds. The number of aromatic nitrogens is 3. The Kier molecular flexibility index (Phi) is 5.11. The van der Waals surface area contributed by atoms with Gasteiger partial charge in [0.15, 0.2) is 5.65 Å². The minimum absolute atomic E-state index is 0.166. The van der Waals surface area contributed by atoms with Gasteiger partial charge in [0.1, 0.15) is 23.4 Å². The van der Waals surface area contributed by atoms with Crippen molar-refractivity contribution in [2.24, 2.45) is 7.05 Å². The van der Waals surface area contributed by atoms with E-state index in [-0.39, 0.29) is 17.6 Å². The van der Waals surface area contributed by atoms with Crippen molar-refractivity contribution in [2.45, 2.75) is 26.4 Å². The lowest BCUT2D eigenvalue weighted by Gasteiger charge is -2.14. The second-order valence-corrected chi connectivity index (χ2v) is 5.96. The molecule has 0 atom stereocenters. The van der Waals surface area contributed by atoms with Gasteiger partial charge in [0.2, 0.25) is 5.91 Å². The fourth-order valence-corrected chi connectivity index (χ4v) is 2.89. The number of aryl methyl sites for hydroxylation is 2. The first-order valence-electron chi connectivity index (χ1n) is 8.42. The van der Waals surface area contributed by atoms with Gasteiger partial charge >= 0.3 is 5.69 Å². The number of rotatable bonds is 6. The van der Waals surface area contributed by atoms with E-state index in [1.165, 1.54) is 25.0 Å². The molecule has 3 heterocycles. The molecule has 0 aromatic carbocycles. The van der Waals surface area contributed by atoms with E-state index in [9.17, 15) is 14.4 Å². The Morgan fingerprint density at radius 1 is 1.37 bits per heavy atom. The van der Waals surface area contributed by atoms with Gasteiger partial charge in [-0.25, -0.2) is 14.3 Å². The lowest BCUT2D eigenvalue weighted by molar-refractivity contribution is -0.122. The molecule has 0 saturated carbocycles. The molecule has 0 aliphatic carbocycles. The fraction of sp³-hybridized carbons (Fsp3) is 0.333. The Hall–Kier alpha value is -3.36. The Bertz CT molecular complexity index is 1100. The second kappa shape index (κ2) is 7.48. The fourth-order valence-electron chi connectivity index (χ4n) is 2.89. The number of methoxy groups -OCH3 is 1. The number of amides is 1. The minimum Gasteiger partial charge on any atom is -0.495 e. The third-order valence-corrected chi connectivity index (χ3v) is 4.31. The van der Waals surface area contributed by atoms with Crippen molar-refractivity contribution in [1.29, 1.82) is 0 Å². The third kappa shape index (κ3) is 3.35. The van der Waals surface area contributed by atoms with Crippen LogP contribution >= 0.6 is 0 Å². The number of nitrogens with one attached hydrogen (secondary N) is 1. The standard InChI is InChI=1S/C18H20N4O5/c1-4-11-8-20-16-14(15(11)26-3)17(24)22(18(25)21(16)2)10-13(23)19-9-12-6-5-7-27-12/h5-8H,4,9-10H2,1-3H3,(H,19,23). The number of hydrogen-bond acceptors (Lipinski definition) is 6. The lowest BCUT2D eigenvalue weighted by atomic mass is 10.1. The number of furan rings is 1. The summed E-state index contributed by atoms with van der Waals surface area (Å²) in [5.74, 6) is 0.455. The van der Waals surface area contributed by atoms with Crippen LogP contribution < -0.4 is 21.3 Å². The smallest absolute Gasteiger partial charge is 0.332 e. The van der Waals surface area contributed by atoms with Crippen LogP contribution in [0.5, 0.6) is 5.75 Å². The van der Waals surface area contributed by atoms with Gasteiger partial charge in [0, 0.05) is 18.8 Å². The second-order valence-electron chi connectivity index (χ2n) is 5.96. The molecule has 0 aliphatic heterocycles. The van der Waals surface area contributed by atoms with Crippen molar-refractivity contribution < 1.29 is 13.9 Å². The molecule has 142 valence electrons.